The highest BCUT2D eigenvalue weighted by molar-refractivity contribution is 9.11. The van der Waals surface area contributed by atoms with E-state index in [0.29, 0.717) is 0 Å². The maximum Gasteiger partial charge on any atom is 0.337 e. The second kappa shape index (κ2) is 5.37. The molecule has 0 saturated carbocycles. The summed E-state index contributed by atoms with van der Waals surface area (Å²) in [6.07, 6.45) is 0. The van der Waals surface area contributed by atoms with Crippen LogP contribution < -0.4 is 5.32 Å². The average Bonchev–Trinajstić information content (AvgIpc) is 2.15. The first-order valence-electron chi connectivity index (χ1n) is 4.89. The second-order valence-electron chi connectivity index (χ2n) is 4.04. The van der Waals surface area contributed by atoms with Gasteiger partial charge < -0.3 is 15.5 Å². The van der Waals surface area contributed by atoms with Crippen molar-refractivity contribution in [3.8, 4) is 0 Å². The van der Waals surface area contributed by atoms with Crippen LogP contribution in [0, 0.1) is 6.92 Å². The van der Waals surface area contributed by atoms with Crippen LogP contribution in [-0.2, 0) is 4.79 Å². The van der Waals surface area contributed by atoms with Crippen molar-refractivity contribution in [2.24, 2.45) is 0 Å². The smallest absolute Gasteiger partial charge is 0.337 e. The van der Waals surface area contributed by atoms with Crippen LogP contribution in [0.15, 0.2) is 21.1 Å². The molecule has 1 aromatic carbocycles. The van der Waals surface area contributed by atoms with Crippen LogP contribution in [0.4, 0.5) is 5.69 Å². The van der Waals surface area contributed by atoms with Crippen LogP contribution in [0.25, 0.3) is 0 Å². The molecule has 0 heterocycles. The quantitative estimate of drug-likeness (QED) is 0.766. The van der Waals surface area contributed by atoms with Gasteiger partial charge in [-0.15, -0.1) is 0 Å². The number of aliphatic hydroxyl groups is 1. The number of halogens is 2. The third-order valence-electron chi connectivity index (χ3n) is 2.26. The Morgan fingerprint density at radius 3 is 2.29 bits per heavy atom. The summed E-state index contributed by atoms with van der Waals surface area (Å²) in [6.45, 7) is 3.12. The largest absolute Gasteiger partial charge is 0.479 e. The lowest BCUT2D eigenvalue weighted by molar-refractivity contribution is -0.155. The summed E-state index contributed by atoms with van der Waals surface area (Å²) in [6, 6.07) is 3.81. The van der Waals surface area contributed by atoms with Crippen molar-refractivity contribution in [3.63, 3.8) is 0 Å². The number of anilines is 1. The van der Waals surface area contributed by atoms with E-state index < -0.39 is 11.6 Å². The molecular weight excluding hydrogens is 354 g/mol. The molecule has 0 fully saturated rings. The van der Waals surface area contributed by atoms with Gasteiger partial charge in [-0.05, 0) is 63.4 Å². The highest BCUT2D eigenvalue weighted by Crippen LogP contribution is 2.32. The Morgan fingerprint density at radius 2 is 1.88 bits per heavy atom. The molecule has 0 aliphatic heterocycles. The van der Waals surface area contributed by atoms with E-state index >= 15 is 0 Å². The van der Waals surface area contributed by atoms with E-state index in [2.05, 4.69) is 37.2 Å². The van der Waals surface area contributed by atoms with Gasteiger partial charge in [0, 0.05) is 8.95 Å². The molecule has 6 heteroatoms. The van der Waals surface area contributed by atoms with Gasteiger partial charge in [0.15, 0.2) is 5.60 Å². The number of carboxylic acids is 1. The highest BCUT2D eigenvalue weighted by atomic mass is 79.9. The number of aliphatic carboxylic acids is 1. The molecule has 94 valence electrons. The first-order valence-corrected chi connectivity index (χ1v) is 6.48. The van der Waals surface area contributed by atoms with Crippen molar-refractivity contribution in [2.45, 2.75) is 19.4 Å². The summed E-state index contributed by atoms with van der Waals surface area (Å²) < 4.78 is 1.62. The van der Waals surface area contributed by atoms with Gasteiger partial charge in [-0.1, -0.05) is 0 Å². The fraction of sp³-hybridized carbons (Fsp3) is 0.364. The summed E-state index contributed by atoms with van der Waals surface area (Å²) in [5.74, 6) is -1.26. The number of hydrogen-bond acceptors (Lipinski definition) is 3. The first-order chi connectivity index (χ1) is 7.74. The summed E-state index contributed by atoms with van der Waals surface area (Å²) in [4.78, 5) is 10.8. The Labute approximate surface area is 116 Å². The SMILES string of the molecule is Cc1cc(Br)c(NCC(C)(O)C(=O)O)c(Br)c1. The first kappa shape index (κ1) is 14.5. The topological polar surface area (TPSA) is 69.6 Å². The lowest BCUT2D eigenvalue weighted by atomic mass is 10.1. The minimum Gasteiger partial charge on any atom is -0.479 e. The van der Waals surface area contributed by atoms with E-state index in [4.69, 9.17) is 5.11 Å². The molecule has 0 saturated heterocycles. The van der Waals surface area contributed by atoms with Crippen LogP contribution in [0.3, 0.4) is 0 Å². The van der Waals surface area contributed by atoms with Crippen LogP contribution in [0.1, 0.15) is 12.5 Å². The van der Waals surface area contributed by atoms with Gasteiger partial charge in [-0.2, -0.15) is 0 Å². The van der Waals surface area contributed by atoms with E-state index in [1.54, 1.807) is 0 Å². The van der Waals surface area contributed by atoms with Crippen molar-refractivity contribution in [1.29, 1.82) is 0 Å². The number of carboxylic acid groups (broad SMARTS) is 1. The summed E-state index contributed by atoms with van der Waals surface area (Å²) >= 11 is 6.76. The zero-order chi connectivity index (χ0) is 13.2. The molecule has 1 aromatic rings. The molecule has 1 rings (SSSR count). The van der Waals surface area contributed by atoms with E-state index in [1.807, 2.05) is 19.1 Å². The molecule has 0 amide bonds. The maximum atomic E-state index is 10.8. The molecule has 0 aliphatic carbocycles. The molecule has 0 spiro atoms. The van der Waals surface area contributed by atoms with E-state index in [-0.39, 0.29) is 6.54 Å². The molecule has 4 nitrogen and oxygen atoms in total. The Hall–Kier alpha value is -0.590. The zero-order valence-electron chi connectivity index (χ0n) is 9.42. The number of carbonyl (C=O) groups is 1. The van der Waals surface area contributed by atoms with E-state index in [1.165, 1.54) is 6.92 Å². The molecule has 1 atom stereocenters. The van der Waals surface area contributed by atoms with Crippen LogP contribution in [-0.4, -0.2) is 28.3 Å². The lowest BCUT2D eigenvalue weighted by Gasteiger charge is -2.20. The lowest BCUT2D eigenvalue weighted by Crippen LogP contribution is -2.41. The number of hydrogen-bond donors (Lipinski definition) is 3. The van der Waals surface area contributed by atoms with Gasteiger partial charge in [0.1, 0.15) is 0 Å². The van der Waals surface area contributed by atoms with Crippen LogP contribution in [0.2, 0.25) is 0 Å². The Morgan fingerprint density at radius 1 is 1.41 bits per heavy atom. The van der Waals surface area contributed by atoms with Gasteiger partial charge in [0.25, 0.3) is 0 Å². The number of rotatable bonds is 4. The highest BCUT2D eigenvalue weighted by Gasteiger charge is 2.29. The Kier molecular flexibility index (Phi) is 4.57. The summed E-state index contributed by atoms with van der Waals surface area (Å²) in [5, 5.41) is 21.3. The minimum atomic E-state index is -1.80. The third kappa shape index (κ3) is 3.69. The second-order valence-corrected chi connectivity index (χ2v) is 5.74. The van der Waals surface area contributed by atoms with E-state index in [9.17, 15) is 9.90 Å². The molecule has 0 bridgehead atoms. The van der Waals surface area contributed by atoms with Crippen molar-refractivity contribution < 1.29 is 15.0 Å². The molecule has 0 aromatic heterocycles. The minimum absolute atomic E-state index is 0.0808. The predicted molar refractivity (Wildman–Crippen MR) is 73.3 cm³/mol. The number of nitrogens with one attached hydrogen (secondary N) is 1. The molecule has 0 aliphatic rings. The number of aryl methyl sites for hydroxylation is 1. The molecule has 3 N–H and O–H groups in total. The summed E-state index contributed by atoms with van der Waals surface area (Å²) in [5.41, 5.74) is -0.0135. The Bertz CT molecular complexity index is 423. The maximum absolute atomic E-state index is 10.8. The standard InChI is InChI=1S/C11H13Br2NO3/c1-6-3-7(12)9(8(13)4-6)14-5-11(2,17)10(15)16/h3-4,14,17H,5H2,1-2H3,(H,15,16). The van der Waals surface area contributed by atoms with Gasteiger partial charge in [0.05, 0.1) is 12.2 Å². The van der Waals surface area contributed by atoms with Crippen LogP contribution >= 0.6 is 31.9 Å². The Balaban J connectivity index is 2.87. The molecule has 1 unspecified atom stereocenters. The fourth-order valence-electron chi connectivity index (χ4n) is 1.20. The normalized spacial score (nSPS) is 14.2. The molecular formula is C11H13Br2NO3. The summed E-state index contributed by atoms with van der Waals surface area (Å²) in [7, 11) is 0. The van der Waals surface area contributed by atoms with Crippen LogP contribution in [0.5, 0.6) is 0 Å². The van der Waals surface area contributed by atoms with Crippen molar-refractivity contribution in [2.75, 3.05) is 11.9 Å². The van der Waals surface area contributed by atoms with Gasteiger partial charge >= 0.3 is 5.97 Å². The monoisotopic (exact) mass is 365 g/mol. The molecule has 0 radical (unpaired) electrons. The molecule has 17 heavy (non-hydrogen) atoms. The van der Waals surface area contributed by atoms with Crippen molar-refractivity contribution in [1.82, 2.24) is 0 Å². The predicted octanol–water partition coefficient (Wildman–Crippen LogP) is 2.77. The average molecular weight is 367 g/mol. The zero-order valence-corrected chi connectivity index (χ0v) is 12.6. The van der Waals surface area contributed by atoms with Crippen molar-refractivity contribution >= 4 is 43.5 Å². The number of benzene rings is 1. The van der Waals surface area contributed by atoms with Gasteiger partial charge in [0.2, 0.25) is 0 Å². The van der Waals surface area contributed by atoms with Gasteiger partial charge in [-0.25, -0.2) is 4.79 Å². The van der Waals surface area contributed by atoms with Gasteiger partial charge in [-0.3, -0.25) is 0 Å². The third-order valence-corrected chi connectivity index (χ3v) is 3.51. The van der Waals surface area contributed by atoms with Crippen molar-refractivity contribution in [3.05, 3.63) is 26.6 Å². The van der Waals surface area contributed by atoms with E-state index in [0.717, 1.165) is 20.2 Å². The fourth-order valence-corrected chi connectivity index (χ4v) is 2.90.